The van der Waals surface area contributed by atoms with Crippen LogP contribution in [0.2, 0.25) is 0 Å². The van der Waals surface area contributed by atoms with Gasteiger partial charge in [-0.05, 0) is 56.3 Å². The molecule has 0 aromatic heterocycles. The van der Waals surface area contributed by atoms with E-state index in [0.717, 1.165) is 21.9 Å². The largest absolute Gasteiger partial charge is 0.497 e. The van der Waals surface area contributed by atoms with Crippen molar-refractivity contribution >= 4 is 23.2 Å². The van der Waals surface area contributed by atoms with E-state index in [0.29, 0.717) is 11.1 Å². The van der Waals surface area contributed by atoms with Crippen molar-refractivity contribution in [3.05, 3.63) is 65.2 Å². The molecule has 0 aliphatic carbocycles. The lowest BCUT2D eigenvalue weighted by Crippen LogP contribution is -2.37. The van der Waals surface area contributed by atoms with E-state index >= 15 is 0 Å². The Labute approximate surface area is 151 Å². The third kappa shape index (κ3) is 3.70. The number of ketones is 1. The zero-order chi connectivity index (χ0) is 18.0. The molecule has 0 radical (unpaired) electrons. The number of thioether (sulfide) groups is 1. The van der Waals surface area contributed by atoms with E-state index in [2.05, 4.69) is 25.2 Å². The number of rotatable bonds is 3. The van der Waals surface area contributed by atoms with Gasteiger partial charge in [0.2, 0.25) is 0 Å². The molecule has 1 N–H and O–H groups in total. The average molecular weight is 350 g/mol. The number of nitriles is 1. The van der Waals surface area contributed by atoms with Gasteiger partial charge in [-0.2, -0.15) is 5.26 Å². The molecule has 0 atom stereocenters. The first kappa shape index (κ1) is 17.1. The number of ether oxygens (including phenoxy) is 1. The van der Waals surface area contributed by atoms with Crippen molar-refractivity contribution < 1.29 is 9.53 Å². The Balaban J connectivity index is 2.01. The van der Waals surface area contributed by atoms with E-state index in [1.807, 2.05) is 18.2 Å². The van der Waals surface area contributed by atoms with Crippen LogP contribution >= 0.6 is 11.8 Å². The predicted molar refractivity (Wildman–Crippen MR) is 99.5 cm³/mol. The van der Waals surface area contributed by atoms with Crippen LogP contribution in [-0.4, -0.2) is 17.8 Å². The highest BCUT2D eigenvalue weighted by Crippen LogP contribution is 2.42. The summed E-state index contributed by atoms with van der Waals surface area (Å²) in [6.45, 7) is 4.15. The summed E-state index contributed by atoms with van der Waals surface area (Å²) in [7, 11) is 1.63. The van der Waals surface area contributed by atoms with E-state index < -0.39 is 0 Å². The summed E-state index contributed by atoms with van der Waals surface area (Å²) in [5.74, 6) is 0.640. The van der Waals surface area contributed by atoms with Crippen LogP contribution in [0, 0.1) is 11.3 Å². The number of carbonyl (C=O) groups is 1. The fourth-order valence-electron chi connectivity index (χ4n) is 2.66. The maximum atomic E-state index is 12.7. The number of hydrogen-bond donors (Lipinski definition) is 1. The quantitative estimate of drug-likeness (QED) is 0.663. The Hall–Kier alpha value is -2.71. The summed E-state index contributed by atoms with van der Waals surface area (Å²) in [5, 5.41) is 12.3. The molecule has 2 aromatic carbocycles. The van der Waals surface area contributed by atoms with Crippen LogP contribution in [0.5, 0.6) is 5.75 Å². The Kier molecular flexibility index (Phi) is 4.56. The Bertz CT molecular complexity index is 893. The van der Waals surface area contributed by atoms with Gasteiger partial charge in [0.05, 0.1) is 23.6 Å². The number of nitrogens with zero attached hydrogens (tertiary/aromatic N) is 1. The second-order valence-corrected chi connectivity index (χ2v) is 7.88. The van der Waals surface area contributed by atoms with Crippen molar-refractivity contribution in [3.63, 3.8) is 0 Å². The van der Waals surface area contributed by atoms with Crippen molar-refractivity contribution in [3.8, 4) is 11.8 Å². The lowest BCUT2D eigenvalue weighted by atomic mass is 10.0. The van der Waals surface area contributed by atoms with E-state index in [4.69, 9.17) is 10.00 Å². The number of carbonyl (C=O) groups excluding carboxylic acids is 1. The SMILES string of the molecule is COc1ccc2c(c1)/C(=C/C(=O)c1ccc(C#N)cc1)NC(C)(C)S2. The number of methoxy groups -OCH3 is 1. The molecule has 126 valence electrons. The highest BCUT2D eigenvalue weighted by molar-refractivity contribution is 8.00. The summed E-state index contributed by atoms with van der Waals surface area (Å²) in [6, 6.07) is 14.6. The highest BCUT2D eigenvalue weighted by Gasteiger charge is 2.29. The highest BCUT2D eigenvalue weighted by atomic mass is 32.2. The summed E-state index contributed by atoms with van der Waals surface area (Å²) < 4.78 is 5.32. The third-order valence-corrected chi connectivity index (χ3v) is 5.04. The van der Waals surface area contributed by atoms with Gasteiger partial charge in [-0.3, -0.25) is 4.79 Å². The Morgan fingerprint density at radius 3 is 2.60 bits per heavy atom. The molecule has 0 unspecified atom stereocenters. The van der Waals surface area contributed by atoms with Gasteiger partial charge in [0.25, 0.3) is 0 Å². The Morgan fingerprint density at radius 1 is 1.24 bits per heavy atom. The van der Waals surface area contributed by atoms with Gasteiger partial charge in [-0.1, -0.05) is 11.8 Å². The second-order valence-electron chi connectivity index (χ2n) is 6.21. The first-order chi connectivity index (χ1) is 11.9. The van der Waals surface area contributed by atoms with Crippen LogP contribution < -0.4 is 10.1 Å². The van der Waals surface area contributed by atoms with E-state index in [1.165, 1.54) is 0 Å². The van der Waals surface area contributed by atoms with Crippen LogP contribution in [0.4, 0.5) is 0 Å². The van der Waals surface area contributed by atoms with Crippen molar-refractivity contribution in [1.29, 1.82) is 5.26 Å². The monoisotopic (exact) mass is 350 g/mol. The van der Waals surface area contributed by atoms with Crippen molar-refractivity contribution in [2.75, 3.05) is 7.11 Å². The zero-order valence-corrected chi connectivity index (χ0v) is 15.1. The molecule has 0 bridgehead atoms. The number of fused-ring (bicyclic) bond motifs is 1. The number of benzene rings is 2. The lowest BCUT2D eigenvalue weighted by Gasteiger charge is -2.34. The summed E-state index contributed by atoms with van der Waals surface area (Å²) in [5.41, 5.74) is 2.80. The lowest BCUT2D eigenvalue weighted by molar-refractivity contribution is 0.104. The smallest absolute Gasteiger partial charge is 0.187 e. The molecule has 25 heavy (non-hydrogen) atoms. The second kappa shape index (κ2) is 6.66. The molecular formula is C20H18N2O2S. The number of hydrogen-bond acceptors (Lipinski definition) is 5. The fraction of sp³-hybridized carbons (Fsp3) is 0.200. The minimum Gasteiger partial charge on any atom is -0.497 e. The van der Waals surface area contributed by atoms with Gasteiger partial charge in [0.15, 0.2) is 5.78 Å². The first-order valence-corrected chi connectivity index (χ1v) is 8.65. The summed E-state index contributed by atoms with van der Waals surface area (Å²) >= 11 is 1.71. The zero-order valence-electron chi connectivity index (χ0n) is 14.3. The predicted octanol–water partition coefficient (Wildman–Crippen LogP) is 4.22. The first-order valence-electron chi connectivity index (χ1n) is 7.84. The summed E-state index contributed by atoms with van der Waals surface area (Å²) in [6.07, 6.45) is 1.61. The maximum absolute atomic E-state index is 12.7. The standard InChI is InChI=1S/C20H18N2O2S/c1-20(2)22-17(16-10-15(24-3)8-9-19(16)25-20)11-18(23)14-6-4-13(12-21)5-7-14/h4-11,22H,1-3H3/b17-11-. The van der Waals surface area contributed by atoms with Crippen LogP contribution in [0.3, 0.4) is 0 Å². The molecule has 1 heterocycles. The minimum atomic E-state index is -0.224. The van der Waals surface area contributed by atoms with Crippen LogP contribution in [-0.2, 0) is 0 Å². The van der Waals surface area contributed by atoms with Gasteiger partial charge in [-0.25, -0.2) is 0 Å². The minimum absolute atomic E-state index is 0.108. The summed E-state index contributed by atoms with van der Waals surface area (Å²) in [4.78, 5) is 13.5. The average Bonchev–Trinajstić information content (AvgIpc) is 2.60. The molecule has 0 saturated carbocycles. The van der Waals surface area contributed by atoms with Gasteiger partial charge in [-0.15, -0.1) is 0 Å². The molecule has 0 saturated heterocycles. The molecule has 3 rings (SSSR count). The van der Waals surface area contributed by atoms with Crippen LogP contribution in [0.25, 0.3) is 5.70 Å². The van der Waals surface area contributed by atoms with Gasteiger partial charge >= 0.3 is 0 Å². The van der Waals surface area contributed by atoms with E-state index in [9.17, 15) is 4.79 Å². The normalized spacial score (nSPS) is 16.5. The van der Waals surface area contributed by atoms with Crippen molar-refractivity contribution in [1.82, 2.24) is 5.32 Å². The van der Waals surface area contributed by atoms with Crippen LogP contribution in [0.1, 0.15) is 35.3 Å². The molecule has 2 aromatic rings. The molecule has 1 aliphatic rings. The van der Waals surface area contributed by atoms with E-state index in [1.54, 1.807) is 49.2 Å². The van der Waals surface area contributed by atoms with Gasteiger partial charge < -0.3 is 10.1 Å². The molecule has 5 heteroatoms. The van der Waals surface area contributed by atoms with E-state index in [-0.39, 0.29) is 10.7 Å². The molecule has 0 fully saturated rings. The molecule has 0 spiro atoms. The number of allylic oxidation sites excluding steroid dienone is 1. The van der Waals surface area contributed by atoms with Gasteiger partial charge in [0, 0.05) is 27.8 Å². The fourth-order valence-corrected chi connectivity index (χ4v) is 3.79. The Morgan fingerprint density at radius 2 is 1.96 bits per heavy atom. The van der Waals surface area contributed by atoms with Crippen molar-refractivity contribution in [2.24, 2.45) is 0 Å². The molecule has 1 aliphatic heterocycles. The van der Waals surface area contributed by atoms with Crippen LogP contribution in [0.15, 0.2) is 53.4 Å². The number of nitrogens with one attached hydrogen (secondary N) is 1. The topological polar surface area (TPSA) is 62.1 Å². The maximum Gasteiger partial charge on any atom is 0.187 e. The molecule has 4 nitrogen and oxygen atoms in total. The molecule has 0 amide bonds. The third-order valence-electron chi connectivity index (χ3n) is 3.85. The molecular weight excluding hydrogens is 332 g/mol. The van der Waals surface area contributed by atoms with Gasteiger partial charge in [0.1, 0.15) is 5.75 Å². The van der Waals surface area contributed by atoms with Crippen molar-refractivity contribution in [2.45, 2.75) is 23.6 Å².